The lowest BCUT2D eigenvalue weighted by molar-refractivity contribution is 0.340. The maximum Gasteiger partial charge on any atom is 0.170 e. The van der Waals surface area contributed by atoms with E-state index in [9.17, 15) is 0 Å². The molecule has 1 aromatic rings. The molecule has 0 fully saturated rings. The van der Waals surface area contributed by atoms with Crippen molar-refractivity contribution in [2.24, 2.45) is 0 Å². The Morgan fingerprint density at radius 1 is 1.28 bits per heavy atom. The van der Waals surface area contributed by atoms with Gasteiger partial charge >= 0.3 is 0 Å². The zero-order valence-electron chi connectivity index (χ0n) is 11.2. The Morgan fingerprint density at radius 3 is 2.50 bits per heavy atom. The van der Waals surface area contributed by atoms with E-state index in [0.717, 1.165) is 24.5 Å². The molecule has 0 amide bonds. The van der Waals surface area contributed by atoms with Gasteiger partial charge < -0.3 is 20.3 Å². The molecule has 0 atom stereocenters. The van der Waals surface area contributed by atoms with Crippen LogP contribution in [0.3, 0.4) is 0 Å². The van der Waals surface area contributed by atoms with Gasteiger partial charge in [-0.2, -0.15) is 0 Å². The summed E-state index contributed by atoms with van der Waals surface area (Å²) in [5, 5.41) is 6.92. The number of likely N-dealkylation sites (N-methyl/N-ethyl adjacent to an activating group) is 1. The number of nitrogens with one attached hydrogen (secondary N) is 2. The van der Waals surface area contributed by atoms with Crippen LogP contribution in [0.15, 0.2) is 24.3 Å². The molecule has 2 N–H and O–H groups in total. The Bertz CT molecular complexity index is 365. The second-order valence-electron chi connectivity index (χ2n) is 4.14. The predicted octanol–water partition coefficient (Wildman–Crippen LogP) is 1.93. The molecule has 1 rings (SSSR count). The number of hydrogen-bond acceptors (Lipinski definition) is 3. The molecule has 1 aromatic carbocycles. The Morgan fingerprint density at radius 2 is 1.94 bits per heavy atom. The van der Waals surface area contributed by atoms with Crippen LogP contribution in [0.5, 0.6) is 5.75 Å². The fourth-order valence-electron chi connectivity index (χ4n) is 1.37. The van der Waals surface area contributed by atoms with Crippen molar-refractivity contribution in [2.45, 2.75) is 6.92 Å². The second-order valence-corrected chi connectivity index (χ2v) is 4.55. The summed E-state index contributed by atoms with van der Waals surface area (Å²) in [6, 6.07) is 7.75. The molecule has 0 spiro atoms. The SMILES string of the molecule is CCOc1ccc(NC(=S)NCCN(C)C)cc1. The van der Waals surface area contributed by atoms with Crippen LogP contribution >= 0.6 is 12.2 Å². The smallest absolute Gasteiger partial charge is 0.170 e. The van der Waals surface area contributed by atoms with Crippen LogP contribution in [0.2, 0.25) is 0 Å². The second kappa shape index (κ2) is 7.89. The van der Waals surface area contributed by atoms with Crippen LogP contribution in [0.1, 0.15) is 6.92 Å². The minimum Gasteiger partial charge on any atom is -0.494 e. The predicted molar refractivity (Wildman–Crippen MR) is 80.4 cm³/mol. The Hall–Kier alpha value is -1.33. The van der Waals surface area contributed by atoms with E-state index < -0.39 is 0 Å². The maximum atomic E-state index is 5.38. The van der Waals surface area contributed by atoms with Crippen molar-refractivity contribution in [1.29, 1.82) is 0 Å². The number of benzene rings is 1. The van der Waals surface area contributed by atoms with Gasteiger partial charge in [-0.25, -0.2) is 0 Å². The number of nitrogens with zero attached hydrogens (tertiary/aromatic N) is 1. The molecule has 0 heterocycles. The third-order valence-corrected chi connectivity index (χ3v) is 2.51. The van der Waals surface area contributed by atoms with Gasteiger partial charge in [0.05, 0.1) is 6.61 Å². The van der Waals surface area contributed by atoms with Crippen molar-refractivity contribution in [2.75, 3.05) is 39.1 Å². The maximum absolute atomic E-state index is 5.38. The third kappa shape index (κ3) is 5.84. The van der Waals surface area contributed by atoms with Crippen molar-refractivity contribution >= 4 is 23.0 Å². The molecular formula is C13H21N3OS. The van der Waals surface area contributed by atoms with E-state index >= 15 is 0 Å². The Balaban J connectivity index is 2.35. The van der Waals surface area contributed by atoms with Crippen LogP contribution < -0.4 is 15.4 Å². The largest absolute Gasteiger partial charge is 0.494 e. The van der Waals surface area contributed by atoms with Gasteiger partial charge in [0.1, 0.15) is 5.75 Å². The molecule has 0 unspecified atom stereocenters. The van der Waals surface area contributed by atoms with Crippen molar-refractivity contribution in [1.82, 2.24) is 10.2 Å². The highest BCUT2D eigenvalue weighted by molar-refractivity contribution is 7.80. The van der Waals surface area contributed by atoms with Crippen LogP contribution in [0.4, 0.5) is 5.69 Å². The zero-order valence-corrected chi connectivity index (χ0v) is 12.0. The highest BCUT2D eigenvalue weighted by Gasteiger charge is 1.98. The summed E-state index contributed by atoms with van der Waals surface area (Å²) in [6.07, 6.45) is 0. The lowest BCUT2D eigenvalue weighted by atomic mass is 10.3. The molecule has 0 aliphatic rings. The van der Waals surface area contributed by atoms with Gasteiger partial charge in [-0.05, 0) is 57.5 Å². The van der Waals surface area contributed by atoms with Gasteiger partial charge in [0, 0.05) is 18.8 Å². The first-order valence-electron chi connectivity index (χ1n) is 6.04. The van der Waals surface area contributed by atoms with Crippen LogP contribution in [-0.4, -0.2) is 43.8 Å². The number of thiocarbonyl (C=S) groups is 1. The molecule has 0 saturated heterocycles. The van der Waals surface area contributed by atoms with Crippen LogP contribution in [0, 0.1) is 0 Å². The van der Waals surface area contributed by atoms with E-state index in [-0.39, 0.29) is 0 Å². The third-order valence-electron chi connectivity index (χ3n) is 2.27. The fraction of sp³-hybridized carbons (Fsp3) is 0.462. The molecule has 0 aromatic heterocycles. The lowest BCUT2D eigenvalue weighted by Gasteiger charge is -2.13. The standard InChI is InChI=1S/C13H21N3OS/c1-4-17-12-7-5-11(6-8-12)15-13(18)14-9-10-16(2)3/h5-8H,4,9-10H2,1-3H3,(H2,14,15,18). The van der Waals surface area contributed by atoms with E-state index in [2.05, 4.69) is 15.5 Å². The first kappa shape index (κ1) is 14.7. The lowest BCUT2D eigenvalue weighted by Crippen LogP contribution is -2.34. The molecule has 18 heavy (non-hydrogen) atoms. The average Bonchev–Trinajstić information content (AvgIpc) is 2.31. The van der Waals surface area contributed by atoms with Crippen LogP contribution in [0.25, 0.3) is 0 Å². The van der Waals surface area contributed by atoms with Gasteiger partial charge in [-0.3, -0.25) is 0 Å². The molecule has 0 radical (unpaired) electrons. The first-order valence-corrected chi connectivity index (χ1v) is 6.45. The summed E-state index contributed by atoms with van der Waals surface area (Å²) in [6.45, 7) is 4.42. The normalized spacial score (nSPS) is 10.2. The minimum absolute atomic E-state index is 0.640. The topological polar surface area (TPSA) is 36.5 Å². The van der Waals surface area contributed by atoms with Gasteiger partial charge in [-0.15, -0.1) is 0 Å². The summed E-state index contributed by atoms with van der Waals surface area (Å²) < 4.78 is 5.38. The molecule has 0 aliphatic carbocycles. The summed E-state index contributed by atoms with van der Waals surface area (Å²) in [4.78, 5) is 2.10. The van der Waals surface area contributed by atoms with Gasteiger partial charge in [0.15, 0.2) is 5.11 Å². The fourth-order valence-corrected chi connectivity index (χ4v) is 1.59. The van der Waals surface area contributed by atoms with E-state index in [0.29, 0.717) is 11.7 Å². The Labute approximate surface area is 114 Å². The van der Waals surface area contributed by atoms with Crippen molar-refractivity contribution in [3.63, 3.8) is 0 Å². The van der Waals surface area contributed by atoms with Gasteiger partial charge in [-0.1, -0.05) is 0 Å². The molecule has 5 heteroatoms. The number of ether oxygens (including phenoxy) is 1. The van der Waals surface area contributed by atoms with Crippen molar-refractivity contribution in [3.05, 3.63) is 24.3 Å². The monoisotopic (exact) mass is 267 g/mol. The van der Waals surface area contributed by atoms with E-state index in [1.165, 1.54) is 0 Å². The molecule has 4 nitrogen and oxygen atoms in total. The molecule has 0 aliphatic heterocycles. The summed E-state index contributed by atoms with van der Waals surface area (Å²) in [5.74, 6) is 0.870. The number of anilines is 1. The summed E-state index contributed by atoms with van der Waals surface area (Å²) in [5.41, 5.74) is 0.959. The molecule has 0 saturated carbocycles. The summed E-state index contributed by atoms with van der Waals surface area (Å²) >= 11 is 5.20. The minimum atomic E-state index is 0.640. The number of rotatable bonds is 6. The quantitative estimate of drug-likeness (QED) is 0.770. The van der Waals surface area contributed by atoms with Crippen LogP contribution in [-0.2, 0) is 0 Å². The van der Waals surface area contributed by atoms with E-state index in [1.807, 2.05) is 45.3 Å². The Kier molecular flexibility index (Phi) is 6.46. The van der Waals surface area contributed by atoms with E-state index in [1.54, 1.807) is 0 Å². The van der Waals surface area contributed by atoms with Crippen molar-refractivity contribution in [3.8, 4) is 5.75 Å². The van der Waals surface area contributed by atoms with Crippen molar-refractivity contribution < 1.29 is 4.74 Å². The summed E-state index contributed by atoms with van der Waals surface area (Å²) in [7, 11) is 4.06. The molecule has 100 valence electrons. The number of hydrogen-bond donors (Lipinski definition) is 2. The zero-order chi connectivity index (χ0) is 13.4. The van der Waals surface area contributed by atoms with Gasteiger partial charge in [0.2, 0.25) is 0 Å². The van der Waals surface area contributed by atoms with Gasteiger partial charge in [0.25, 0.3) is 0 Å². The molecular weight excluding hydrogens is 246 g/mol. The average molecular weight is 267 g/mol. The first-order chi connectivity index (χ1) is 8.61. The molecule has 0 bridgehead atoms. The van der Waals surface area contributed by atoms with E-state index in [4.69, 9.17) is 17.0 Å². The highest BCUT2D eigenvalue weighted by atomic mass is 32.1. The highest BCUT2D eigenvalue weighted by Crippen LogP contribution is 2.15.